The topological polar surface area (TPSA) is 74.7 Å². The van der Waals surface area contributed by atoms with Gasteiger partial charge in [0.05, 0.1) is 11.4 Å². The Morgan fingerprint density at radius 2 is 1.94 bits per heavy atom. The molecule has 0 unspecified atom stereocenters. The van der Waals surface area contributed by atoms with E-state index in [0.717, 1.165) is 4.31 Å². The summed E-state index contributed by atoms with van der Waals surface area (Å²) in [5.74, 6) is -1.50. The maximum atomic E-state index is 11.9. The number of sulfonamides is 1. The van der Waals surface area contributed by atoms with Crippen molar-refractivity contribution >= 4 is 21.7 Å². The van der Waals surface area contributed by atoms with Gasteiger partial charge in [-0.1, -0.05) is 24.3 Å². The highest BCUT2D eigenvalue weighted by molar-refractivity contribution is 7.92. The zero-order chi connectivity index (χ0) is 12.9. The average molecular weight is 255 g/mol. The monoisotopic (exact) mass is 255 g/mol. The number of hydrogen-bond acceptors (Lipinski definition) is 3. The Bertz CT molecular complexity index is 495. The Labute approximate surface area is 100 Å². The third-order valence-corrected chi connectivity index (χ3v) is 3.66. The molecule has 1 aromatic carbocycles. The number of nitrogens with zero attached hydrogens (tertiary/aromatic N) is 1. The van der Waals surface area contributed by atoms with Gasteiger partial charge in [0.15, 0.2) is 0 Å². The predicted octanol–water partition coefficient (Wildman–Crippen LogP) is 1.09. The maximum Gasteiger partial charge on any atom is 0.324 e. The number of aliphatic carboxylic acids is 1. The number of anilines is 1. The third kappa shape index (κ3) is 3.60. The molecule has 0 aliphatic heterocycles. The van der Waals surface area contributed by atoms with Gasteiger partial charge in [-0.25, -0.2) is 8.42 Å². The Balaban J connectivity index is 3.13. The van der Waals surface area contributed by atoms with Crippen LogP contribution < -0.4 is 4.31 Å². The van der Waals surface area contributed by atoms with E-state index in [1.165, 1.54) is 6.08 Å². The minimum Gasteiger partial charge on any atom is -0.480 e. The van der Waals surface area contributed by atoms with E-state index in [1.807, 2.05) is 0 Å². The predicted molar refractivity (Wildman–Crippen MR) is 65.4 cm³/mol. The van der Waals surface area contributed by atoms with Crippen molar-refractivity contribution in [1.29, 1.82) is 0 Å². The summed E-state index contributed by atoms with van der Waals surface area (Å²) < 4.78 is 24.6. The van der Waals surface area contributed by atoms with Gasteiger partial charge in [-0.15, -0.1) is 6.58 Å². The highest BCUT2D eigenvalue weighted by Gasteiger charge is 2.23. The molecule has 0 aliphatic rings. The number of carboxylic acids is 1. The molecule has 0 bridgehead atoms. The second-order valence-corrected chi connectivity index (χ2v) is 5.24. The Morgan fingerprint density at radius 1 is 1.35 bits per heavy atom. The van der Waals surface area contributed by atoms with Crippen molar-refractivity contribution in [3.63, 3.8) is 0 Å². The summed E-state index contributed by atoms with van der Waals surface area (Å²) in [6, 6.07) is 8.11. The molecule has 5 nitrogen and oxygen atoms in total. The lowest BCUT2D eigenvalue weighted by atomic mass is 10.3. The van der Waals surface area contributed by atoms with Crippen molar-refractivity contribution in [3.8, 4) is 0 Å². The van der Waals surface area contributed by atoms with E-state index in [0.29, 0.717) is 5.69 Å². The number of carbonyl (C=O) groups is 1. The van der Waals surface area contributed by atoms with Crippen LogP contribution in [0.3, 0.4) is 0 Å². The highest BCUT2D eigenvalue weighted by atomic mass is 32.2. The first kappa shape index (κ1) is 13.2. The minimum atomic E-state index is -3.69. The molecule has 17 heavy (non-hydrogen) atoms. The molecule has 0 saturated heterocycles. The van der Waals surface area contributed by atoms with Gasteiger partial charge in [-0.2, -0.15) is 0 Å². The van der Waals surface area contributed by atoms with Crippen LogP contribution in [0.4, 0.5) is 5.69 Å². The fourth-order valence-electron chi connectivity index (χ4n) is 1.31. The van der Waals surface area contributed by atoms with Crippen LogP contribution in [0, 0.1) is 0 Å². The van der Waals surface area contributed by atoms with Gasteiger partial charge in [0, 0.05) is 0 Å². The lowest BCUT2D eigenvalue weighted by Crippen LogP contribution is -2.36. The van der Waals surface area contributed by atoms with Gasteiger partial charge < -0.3 is 5.11 Å². The van der Waals surface area contributed by atoms with Crippen LogP contribution in [0.15, 0.2) is 43.0 Å². The summed E-state index contributed by atoms with van der Waals surface area (Å²) in [6.07, 6.45) is 1.23. The molecule has 92 valence electrons. The number of para-hydroxylation sites is 1. The normalized spacial score (nSPS) is 10.8. The number of carboxylic acid groups (broad SMARTS) is 1. The van der Waals surface area contributed by atoms with Gasteiger partial charge in [0.1, 0.15) is 6.54 Å². The van der Waals surface area contributed by atoms with E-state index >= 15 is 0 Å². The standard InChI is InChI=1S/C11H13NO4S/c1-2-8-17(15,16)12(9-11(13)14)10-6-4-3-5-7-10/h2-7H,1,8-9H2,(H,13,14). The van der Waals surface area contributed by atoms with Crippen LogP contribution in [-0.2, 0) is 14.8 Å². The quantitative estimate of drug-likeness (QED) is 0.772. The average Bonchev–Trinajstić information content (AvgIpc) is 2.26. The van der Waals surface area contributed by atoms with Crippen LogP contribution in [0.5, 0.6) is 0 Å². The second-order valence-electron chi connectivity index (χ2n) is 3.30. The molecule has 0 heterocycles. The maximum absolute atomic E-state index is 11.9. The lowest BCUT2D eigenvalue weighted by Gasteiger charge is -2.21. The van der Waals surface area contributed by atoms with E-state index < -0.39 is 22.5 Å². The van der Waals surface area contributed by atoms with E-state index in [1.54, 1.807) is 30.3 Å². The van der Waals surface area contributed by atoms with Crippen LogP contribution in [0.2, 0.25) is 0 Å². The summed E-state index contributed by atoms with van der Waals surface area (Å²) in [7, 11) is -3.69. The third-order valence-electron chi connectivity index (χ3n) is 1.99. The van der Waals surface area contributed by atoms with Crippen molar-refractivity contribution in [2.45, 2.75) is 0 Å². The first-order chi connectivity index (χ1) is 7.97. The van der Waals surface area contributed by atoms with Gasteiger partial charge in [-0.3, -0.25) is 9.10 Å². The van der Waals surface area contributed by atoms with Crippen LogP contribution in [-0.4, -0.2) is 31.8 Å². The SMILES string of the molecule is C=CCS(=O)(=O)N(CC(=O)O)c1ccccc1. The second kappa shape index (κ2) is 5.49. The fourth-order valence-corrected chi connectivity index (χ4v) is 2.53. The molecule has 1 N–H and O–H groups in total. The fraction of sp³-hybridized carbons (Fsp3) is 0.182. The molecule has 0 aliphatic carbocycles. The minimum absolute atomic E-state index is 0.296. The number of benzene rings is 1. The molecule has 0 aromatic heterocycles. The number of rotatable bonds is 6. The lowest BCUT2D eigenvalue weighted by molar-refractivity contribution is -0.135. The van der Waals surface area contributed by atoms with Crippen molar-refractivity contribution in [2.75, 3.05) is 16.6 Å². The smallest absolute Gasteiger partial charge is 0.324 e. The molecule has 0 atom stereocenters. The van der Waals surface area contributed by atoms with E-state index in [9.17, 15) is 13.2 Å². The van der Waals surface area contributed by atoms with E-state index in [2.05, 4.69) is 6.58 Å². The number of hydrogen-bond donors (Lipinski definition) is 1. The van der Waals surface area contributed by atoms with E-state index in [4.69, 9.17) is 5.11 Å². The Kier molecular flexibility index (Phi) is 4.28. The molecule has 1 aromatic rings. The summed E-state index contributed by atoms with van der Waals surface area (Å²) in [4.78, 5) is 10.7. The van der Waals surface area contributed by atoms with Gasteiger partial charge in [-0.05, 0) is 12.1 Å². The first-order valence-electron chi connectivity index (χ1n) is 4.85. The zero-order valence-electron chi connectivity index (χ0n) is 9.11. The van der Waals surface area contributed by atoms with Gasteiger partial charge >= 0.3 is 5.97 Å². The Morgan fingerprint density at radius 3 is 2.41 bits per heavy atom. The molecule has 6 heteroatoms. The highest BCUT2D eigenvalue weighted by Crippen LogP contribution is 2.17. The summed E-state index contributed by atoms with van der Waals surface area (Å²) >= 11 is 0. The van der Waals surface area contributed by atoms with Crippen LogP contribution in [0.1, 0.15) is 0 Å². The summed E-state index contributed by atoms with van der Waals surface area (Å²) in [5.41, 5.74) is 0.330. The van der Waals surface area contributed by atoms with Crippen LogP contribution in [0.25, 0.3) is 0 Å². The van der Waals surface area contributed by atoms with Gasteiger partial charge in [0.2, 0.25) is 10.0 Å². The van der Waals surface area contributed by atoms with Crippen molar-refractivity contribution in [2.24, 2.45) is 0 Å². The van der Waals surface area contributed by atoms with Crippen molar-refractivity contribution in [3.05, 3.63) is 43.0 Å². The molecular weight excluding hydrogens is 242 g/mol. The van der Waals surface area contributed by atoms with Gasteiger partial charge in [0.25, 0.3) is 0 Å². The van der Waals surface area contributed by atoms with Crippen LogP contribution >= 0.6 is 0 Å². The molecule has 0 amide bonds. The largest absolute Gasteiger partial charge is 0.480 e. The molecule has 0 fully saturated rings. The Hall–Kier alpha value is -1.82. The first-order valence-corrected chi connectivity index (χ1v) is 6.46. The molecule has 0 saturated carbocycles. The van der Waals surface area contributed by atoms with E-state index in [-0.39, 0.29) is 5.75 Å². The molecular formula is C11H13NO4S. The summed E-state index contributed by atoms with van der Waals surface area (Å²) in [5, 5.41) is 8.74. The van der Waals surface area contributed by atoms with Crippen molar-refractivity contribution < 1.29 is 18.3 Å². The van der Waals surface area contributed by atoms with Crippen molar-refractivity contribution in [1.82, 2.24) is 0 Å². The summed E-state index contributed by atoms with van der Waals surface area (Å²) in [6.45, 7) is 2.75. The molecule has 1 rings (SSSR count). The molecule has 0 spiro atoms. The zero-order valence-corrected chi connectivity index (χ0v) is 9.93. The molecule has 0 radical (unpaired) electrons.